The molecule has 3 N–H and O–H groups in total. The van der Waals surface area contributed by atoms with Crippen molar-refractivity contribution >= 4 is 0 Å². The average molecular weight is 537 g/mol. The van der Waals surface area contributed by atoms with E-state index in [1.807, 2.05) is 0 Å². The van der Waals surface area contributed by atoms with Gasteiger partial charge in [-0.05, 0) is 32.5 Å². The molecule has 0 aliphatic rings. The van der Waals surface area contributed by atoms with Gasteiger partial charge >= 0.3 is 0 Å². The van der Waals surface area contributed by atoms with Crippen LogP contribution in [0.1, 0.15) is 212 Å². The van der Waals surface area contributed by atoms with Gasteiger partial charge < -0.3 is 11.1 Å². The molecule has 0 bridgehead atoms. The predicted molar refractivity (Wildman–Crippen MR) is 175 cm³/mol. The van der Waals surface area contributed by atoms with E-state index in [4.69, 9.17) is 5.73 Å². The molecule has 0 fully saturated rings. The first-order valence-corrected chi connectivity index (χ1v) is 18.3. The van der Waals surface area contributed by atoms with Crippen LogP contribution in [0.25, 0.3) is 0 Å². The summed E-state index contributed by atoms with van der Waals surface area (Å²) in [5.74, 6) is 0. The first kappa shape index (κ1) is 37.9. The molecule has 0 saturated heterocycles. The Kier molecular flexibility index (Phi) is 36.8. The number of unbranched alkanes of at least 4 members (excludes halogenated alkanes) is 30. The Bertz CT molecular complexity index is 348. The minimum Gasteiger partial charge on any atom is -0.330 e. The molecule has 0 spiro atoms. The van der Waals surface area contributed by atoms with Crippen LogP contribution in [0.3, 0.4) is 0 Å². The predicted octanol–water partition coefficient (Wildman–Crippen LogP) is 12.0. The highest BCUT2D eigenvalue weighted by Gasteiger charge is 1.97. The van der Waals surface area contributed by atoms with Gasteiger partial charge in [-0.15, -0.1) is 0 Å². The molecular weight excluding hydrogens is 460 g/mol. The summed E-state index contributed by atoms with van der Waals surface area (Å²) in [5, 5.41) is 3.48. The van der Waals surface area contributed by atoms with E-state index in [-0.39, 0.29) is 0 Å². The second kappa shape index (κ2) is 36.9. The fourth-order valence-corrected chi connectivity index (χ4v) is 5.80. The van der Waals surface area contributed by atoms with Crippen molar-refractivity contribution in [1.29, 1.82) is 0 Å². The minimum absolute atomic E-state index is 0.812. The molecule has 0 amide bonds. The number of nitrogens with one attached hydrogen (secondary N) is 1. The molecule has 0 radical (unpaired) electrons. The summed E-state index contributed by atoms with van der Waals surface area (Å²) in [4.78, 5) is 0. The van der Waals surface area contributed by atoms with Gasteiger partial charge in [-0.3, -0.25) is 0 Å². The van der Waals surface area contributed by atoms with Crippen molar-refractivity contribution in [2.24, 2.45) is 5.73 Å². The molecule has 0 aromatic carbocycles. The number of hydrogen-bond acceptors (Lipinski definition) is 2. The third-order valence-electron chi connectivity index (χ3n) is 8.51. The highest BCUT2D eigenvalue weighted by molar-refractivity contribution is 4.53. The third-order valence-corrected chi connectivity index (χ3v) is 8.51. The number of rotatable bonds is 35. The van der Waals surface area contributed by atoms with Crippen LogP contribution in [0, 0.1) is 0 Å². The Morgan fingerprint density at radius 2 is 0.500 bits per heavy atom. The van der Waals surface area contributed by atoms with E-state index in [0.717, 1.165) is 19.5 Å². The van der Waals surface area contributed by atoms with Crippen LogP contribution in [0.5, 0.6) is 0 Å². The molecule has 2 nitrogen and oxygen atoms in total. The van der Waals surface area contributed by atoms with Crippen molar-refractivity contribution in [1.82, 2.24) is 5.32 Å². The molecule has 0 saturated carbocycles. The molecule has 2 heteroatoms. The quantitative estimate of drug-likeness (QED) is 0.0790. The van der Waals surface area contributed by atoms with Crippen LogP contribution in [-0.4, -0.2) is 19.6 Å². The molecule has 0 heterocycles. The fraction of sp³-hybridized carbons (Fsp3) is 1.00. The lowest BCUT2D eigenvalue weighted by Crippen LogP contribution is -2.19. The van der Waals surface area contributed by atoms with Crippen LogP contribution < -0.4 is 11.1 Å². The summed E-state index contributed by atoms with van der Waals surface area (Å²) >= 11 is 0. The monoisotopic (exact) mass is 537 g/mol. The van der Waals surface area contributed by atoms with Gasteiger partial charge in [-0.1, -0.05) is 200 Å². The number of nitrogens with two attached hydrogens (primary N) is 1. The first-order valence-electron chi connectivity index (χ1n) is 18.3. The molecule has 0 aromatic heterocycles. The Balaban J connectivity index is 3.01. The Morgan fingerprint density at radius 3 is 0.737 bits per heavy atom. The van der Waals surface area contributed by atoms with Gasteiger partial charge in [0.05, 0.1) is 0 Å². The van der Waals surface area contributed by atoms with E-state index in [1.165, 1.54) is 206 Å². The zero-order chi connectivity index (χ0) is 27.5. The maximum Gasteiger partial charge on any atom is -0.00369 e. The van der Waals surface area contributed by atoms with Crippen molar-refractivity contribution in [2.45, 2.75) is 212 Å². The van der Waals surface area contributed by atoms with Gasteiger partial charge in [0.2, 0.25) is 0 Å². The van der Waals surface area contributed by atoms with Crippen LogP contribution >= 0.6 is 0 Å². The fourth-order valence-electron chi connectivity index (χ4n) is 5.80. The van der Waals surface area contributed by atoms with Crippen LogP contribution in [0.2, 0.25) is 0 Å². The minimum atomic E-state index is 0.812. The van der Waals surface area contributed by atoms with E-state index < -0.39 is 0 Å². The zero-order valence-corrected chi connectivity index (χ0v) is 26.8. The highest BCUT2D eigenvalue weighted by Crippen LogP contribution is 2.16. The number of hydrogen-bond donors (Lipinski definition) is 2. The molecular formula is C36H76N2. The zero-order valence-electron chi connectivity index (χ0n) is 26.8. The van der Waals surface area contributed by atoms with E-state index in [1.54, 1.807) is 0 Å². The van der Waals surface area contributed by atoms with Crippen molar-refractivity contribution in [3.05, 3.63) is 0 Å². The molecule has 0 aromatic rings. The van der Waals surface area contributed by atoms with Crippen molar-refractivity contribution < 1.29 is 0 Å². The van der Waals surface area contributed by atoms with Crippen LogP contribution in [-0.2, 0) is 0 Å². The second-order valence-electron chi connectivity index (χ2n) is 12.5. The standard InChI is InChI=1S/C36H76N2/c1-2-3-4-5-6-7-8-9-10-11-12-13-14-15-16-17-18-19-20-21-22-23-24-25-26-27-28-29-30-31-32-35-38-36-33-34-37/h38H,2-37H2,1H3. The van der Waals surface area contributed by atoms with Crippen molar-refractivity contribution in [3.8, 4) is 0 Å². The van der Waals surface area contributed by atoms with Crippen molar-refractivity contribution in [3.63, 3.8) is 0 Å². The van der Waals surface area contributed by atoms with Gasteiger partial charge in [0.15, 0.2) is 0 Å². The van der Waals surface area contributed by atoms with Crippen LogP contribution in [0.4, 0.5) is 0 Å². The lowest BCUT2D eigenvalue weighted by molar-refractivity contribution is 0.511. The molecule has 0 atom stereocenters. The lowest BCUT2D eigenvalue weighted by atomic mass is 10.0. The Hall–Kier alpha value is -0.0800. The summed E-state index contributed by atoms with van der Waals surface area (Å²) in [7, 11) is 0. The lowest BCUT2D eigenvalue weighted by Gasteiger charge is -2.05. The van der Waals surface area contributed by atoms with Gasteiger partial charge in [0.1, 0.15) is 0 Å². The highest BCUT2D eigenvalue weighted by atomic mass is 14.8. The summed E-state index contributed by atoms with van der Waals surface area (Å²) < 4.78 is 0. The van der Waals surface area contributed by atoms with E-state index in [2.05, 4.69) is 12.2 Å². The maximum atomic E-state index is 5.51. The van der Waals surface area contributed by atoms with Crippen LogP contribution in [0.15, 0.2) is 0 Å². The maximum absolute atomic E-state index is 5.51. The molecule has 0 aliphatic heterocycles. The summed E-state index contributed by atoms with van der Waals surface area (Å²) in [5.41, 5.74) is 5.51. The van der Waals surface area contributed by atoms with Gasteiger partial charge in [0, 0.05) is 0 Å². The summed E-state index contributed by atoms with van der Waals surface area (Å²) in [6, 6.07) is 0. The van der Waals surface area contributed by atoms with Gasteiger partial charge in [-0.2, -0.15) is 0 Å². The summed E-state index contributed by atoms with van der Waals surface area (Å²) in [6.45, 7) is 5.39. The van der Waals surface area contributed by atoms with Crippen molar-refractivity contribution in [2.75, 3.05) is 19.6 Å². The van der Waals surface area contributed by atoms with E-state index in [0.29, 0.717) is 0 Å². The van der Waals surface area contributed by atoms with Gasteiger partial charge in [0.25, 0.3) is 0 Å². The Morgan fingerprint density at radius 1 is 0.289 bits per heavy atom. The van der Waals surface area contributed by atoms with E-state index in [9.17, 15) is 0 Å². The molecule has 230 valence electrons. The smallest absolute Gasteiger partial charge is 0.00369 e. The third kappa shape index (κ3) is 35.9. The summed E-state index contributed by atoms with van der Waals surface area (Å²) in [6.07, 6.45) is 46.6. The van der Waals surface area contributed by atoms with Gasteiger partial charge in [-0.25, -0.2) is 0 Å². The van der Waals surface area contributed by atoms with E-state index >= 15 is 0 Å². The molecule has 0 aliphatic carbocycles. The average Bonchev–Trinajstić information content (AvgIpc) is 2.93. The normalized spacial score (nSPS) is 11.5. The Labute approximate surface area is 242 Å². The first-order chi connectivity index (χ1) is 18.9. The second-order valence-corrected chi connectivity index (χ2v) is 12.5. The molecule has 0 rings (SSSR count). The molecule has 38 heavy (non-hydrogen) atoms. The topological polar surface area (TPSA) is 38.0 Å². The SMILES string of the molecule is CCCCCCCCCCCCCCCCCCCCCCCCCCCCCCCCCNCCCN. The largest absolute Gasteiger partial charge is 0.330 e. The molecule has 0 unspecified atom stereocenters.